The molecule has 0 bridgehead atoms. The topological polar surface area (TPSA) is 48.7 Å². The number of alkyl halides is 3. The molecule has 3 heterocycles. The number of rotatable bonds is 4. The third kappa shape index (κ3) is 5.27. The Hall–Kier alpha value is -2.83. The number of nitriles is 1. The molecular formula is C28H31F4N3O2. The zero-order chi connectivity index (χ0) is 26.2. The lowest BCUT2D eigenvalue weighted by atomic mass is 9.81. The SMILES string of the molecule is C[C@H]1CN(c2ccc(C#N)c(C(F)(F)F)c2F)CC[C@H]1c1ccc(N2CCC(C3OCCO3)CC2)cc1. The zero-order valence-corrected chi connectivity index (χ0v) is 20.8. The lowest BCUT2D eigenvalue weighted by Crippen LogP contribution is -2.39. The summed E-state index contributed by atoms with van der Waals surface area (Å²) in [7, 11) is 0. The first kappa shape index (κ1) is 25.8. The summed E-state index contributed by atoms with van der Waals surface area (Å²) in [5.41, 5.74) is 0.102. The molecule has 0 unspecified atom stereocenters. The Morgan fingerprint density at radius 3 is 2.16 bits per heavy atom. The third-order valence-electron chi connectivity index (χ3n) is 8.03. The maximum atomic E-state index is 14.9. The molecule has 0 aliphatic carbocycles. The highest BCUT2D eigenvalue weighted by molar-refractivity contribution is 5.57. The molecule has 198 valence electrons. The number of halogens is 4. The molecule has 5 nitrogen and oxygen atoms in total. The normalized spacial score (nSPS) is 23.9. The van der Waals surface area contributed by atoms with Crippen molar-refractivity contribution in [3.05, 3.63) is 58.9 Å². The Kier molecular flexibility index (Phi) is 7.32. The Labute approximate surface area is 214 Å². The Bertz CT molecular complexity index is 1130. The van der Waals surface area contributed by atoms with Crippen LogP contribution >= 0.6 is 0 Å². The monoisotopic (exact) mass is 517 g/mol. The van der Waals surface area contributed by atoms with E-state index in [-0.39, 0.29) is 23.8 Å². The van der Waals surface area contributed by atoms with E-state index >= 15 is 0 Å². The molecule has 0 spiro atoms. The van der Waals surface area contributed by atoms with E-state index in [1.807, 2.05) is 0 Å². The number of benzene rings is 2. The molecule has 37 heavy (non-hydrogen) atoms. The largest absolute Gasteiger partial charge is 0.420 e. The number of ether oxygens (including phenoxy) is 2. The van der Waals surface area contributed by atoms with Gasteiger partial charge < -0.3 is 19.3 Å². The van der Waals surface area contributed by atoms with Crippen LogP contribution in [0.1, 0.15) is 48.8 Å². The molecule has 0 amide bonds. The van der Waals surface area contributed by atoms with Crippen LogP contribution in [0.4, 0.5) is 28.9 Å². The van der Waals surface area contributed by atoms with Gasteiger partial charge in [0.2, 0.25) is 0 Å². The van der Waals surface area contributed by atoms with Crippen LogP contribution in [0.3, 0.4) is 0 Å². The quantitative estimate of drug-likeness (QED) is 0.470. The lowest BCUT2D eigenvalue weighted by molar-refractivity contribution is -0.140. The average molecular weight is 518 g/mol. The minimum atomic E-state index is -4.93. The molecule has 3 saturated heterocycles. The number of piperidine rings is 2. The van der Waals surface area contributed by atoms with Gasteiger partial charge in [-0.15, -0.1) is 0 Å². The van der Waals surface area contributed by atoms with E-state index in [0.717, 1.165) is 32.0 Å². The van der Waals surface area contributed by atoms with Crippen molar-refractivity contribution in [3.63, 3.8) is 0 Å². The van der Waals surface area contributed by atoms with Gasteiger partial charge in [0.25, 0.3) is 0 Å². The van der Waals surface area contributed by atoms with Gasteiger partial charge in [-0.3, -0.25) is 0 Å². The predicted octanol–water partition coefficient (Wildman–Crippen LogP) is 5.94. The van der Waals surface area contributed by atoms with Gasteiger partial charge in [-0.1, -0.05) is 19.1 Å². The first-order valence-electron chi connectivity index (χ1n) is 12.9. The van der Waals surface area contributed by atoms with Gasteiger partial charge in [0.05, 0.1) is 30.5 Å². The molecule has 9 heteroatoms. The van der Waals surface area contributed by atoms with Crippen LogP contribution in [0.25, 0.3) is 0 Å². The van der Waals surface area contributed by atoms with E-state index in [2.05, 4.69) is 36.1 Å². The van der Waals surface area contributed by atoms with Gasteiger partial charge in [-0.05, 0) is 60.9 Å². The summed E-state index contributed by atoms with van der Waals surface area (Å²) in [4.78, 5) is 4.05. The summed E-state index contributed by atoms with van der Waals surface area (Å²) >= 11 is 0. The predicted molar refractivity (Wildman–Crippen MR) is 132 cm³/mol. The molecule has 2 aromatic carbocycles. The second-order valence-electron chi connectivity index (χ2n) is 10.3. The van der Waals surface area contributed by atoms with Crippen LogP contribution in [0, 0.1) is 29.0 Å². The van der Waals surface area contributed by atoms with Crippen molar-refractivity contribution in [3.8, 4) is 6.07 Å². The van der Waals surface area contributed by atoms with Crippen molar-refractivity contribution >= 4 is 11.4 Å². The van der Waals surface area contributed by atoms with E-state index in [4.69, 9.17) is 14.7 Å². The zero-order valence-electron chi connectivity index (χ0n) is 20.8. The summed E-state index contributed by atoms with van der Waals surface area (Å²) in [6, 6.07) is 12.4. The highest BCUT2D eigenvalue weighted by Crippen LogP contribution is 2.41. The number of hydrogen-bond acceptors (Lipinski definition) is 5. The molecule has 3 aliphatic heterocycles. The third-order valence-corrected chi connectivity index (χ3v) is 8.03. The Morgan fingerprint density at radius 1 is 0.919 bits per heavy atom. The fourth-order valence-corrected chi connectivity index (χ4v) is 6.05. The smallest absolute Gasteiger partial charge is 0.372 e. The van der Waals surface area contributed by atoms with Gasteiger partial charge in [0, 0.05) is 37.8 Å². The molecule has 2 atom stereocenters. The first-order chi connectivity index (χ1) is 17.8. The number of anilines is 2. The maximum Gasteiger partial charge on any atom is 0.420 e. The van der Waals surface area contributed by atoms with E-state index in [9.17, 15) is 17.6 Å². The summed E-state index contributed by atoms with van der Waals surface area (Å²) in [5, 5.41) is 9.03. The minimum absolute atomic E-state index is 0.0605. The van der Waals surface area contributed by atoms with Crippen LogP contribution in [0.2, 0.25) is 0 Å². The Morgan fingerprint density at radius 2 is 1.57 bits per heavy atom. The average Bonchev–Trinajstić information content (AvgIpc) is 3.43. The van der Waals surface area contributed by atoms with Crippen molar-refractivity contribution in [2.24, 2.45) is 11.8 Å². The summed E-state index contributed by atoms with van der Waals surface area (Å²) in [5.74, 6) is -0.573. The minimum Gasteiger partial charge on any atom is -0.372 e. The molecule has 3 aliphatic rings. The number of hydrogen-bond donors (Lipinski definition) is 0. The summed E-state index contributed by atoms with van der Waals surface area (Å²) < 4.78 is 66.6. The van der Waals surface area contributed by atoms with E-state index in [0.29, 0.717) is 38.6 Å². The summed E-state index contributed by atoms with van der Waals surface area (Å²) in [6.45, 7) is 6.20. The van der Waals surface area contributed by atoms with E-state index < -0.39 is 23.1 Å². The Balaban J connectivity index is 1.23. The summed E-state index contributed by atoms with van der Waals surface area (Å²) in [6.07, 6.45) is -2.22. The molecule has 0 aromatic heterocycles. The van der Waals surface area contributed by atoms with Crippen molar-refractivity contribution in [1.29, 1.82) is 5.26 Å². The second-order valence-corrected chi connectivity index (χ2v) is 10.3. The van der Waals surface area contributed by atoms with Gasteiger partial charge in [-0.2, -0.15) is 18.4 Å². The molecule has 2 aromatic rings. The van der Waals surface area contributed by atoms with E-state index in [1.54, 1.807) is 4.90 Å². The highest BCUT2D eigenvalue weighted by Gasteiger charge is 2.40. The van der Waals surface area contributed by atoms with Crippen LogP contribution in [0.5, 0.6) is 0 Å². The van der Waals surface area contributed by atoms with Crippen LogP contribution in [0.15, 0.2) is 36.4 Å². The van der Waals surface area contributed by atoms with Gasteiger partial charge in [0.1, 0.15) is 5.56 Å². The molecule has 5 rings (SSSR count). The molecule has 0 saturated carbocycles. The van der Waals surface area contributed by atoms with Crippen LogP contribution in [-0.4, -0.2) is 45.7 Å². The van der Waals surface area contributed by atoms with Crippen molar-refractivity contribution in [2.75, 3.05) is 49.2 Å². The van der Waals surface area contributed by atoms with Crippen LogP contribution < -0.4 is 9.80 Å². The molecule has 0 radical (unpaired) electrons. The number of nitrogens with zero attached hydrogens (tertiary/aromatic N) is 3. The first-order valence-corrected chi connectivity index (χ1v) is 12.9. The van der Waals surface area contributed by atoms with Crippen LogP contribution in [-0.2, 0) is 15.7 Å². The second kappa shape index (κ2) is 10.5. The lowest BCUT2D eigenvalue weighted by Gasteiger charge is -2.39. The van der Waals surface area contributed by atoms with Crippen molar-refractivity contribution < 1.29 is 27.0 Å². The van der Waals surface area contributed by atoms with Crippen molar-refractivity contribution in [2.45, 2.75) is 44.6 Å². The highest BCUT2D eigenvalue weighted by atomic mass is 19.4. The van der Waals surface area contributed by atoms with Gasteiger partial charge in [-0.25, -0.2) is 4.39 Å². The fraction of sp³-hybridized carbons (Fsp3) is 0.536. The van der Waals surface area contributed by atoms with E-state index in [1.165, 1.54) is 23.4 Å². The molecule has 0 N–H and O–H groups in total. The molecule has 3 fully saturated rings. The standard InChI is InChI=1S/C28H31F4N3O2/c1-18-17-35(24-7-4-21(16-33)25(26(24)29)28(30,31)32)13-10-23(18)19-2-5-22(6-3-19)34-11-8-20(9-12-34)27-36-14-15-37-27/h2-7,18,20,23,27H,8-15,17H2,1H3/t18-,23+/m0/s1. The van der Waals surface area contributed by atoms with Crippen molar-refractivity contribution in [1.82, 2.24) is 0 Å². The molecular weight excluding hydrogens is 486 g/mol. The maximum absolute atomic E-state index is 14.9. The van der Waals surface area contributed by atoms with Gasteiger partial charge in [0.15, 0.2) is 12.1 Å². The fourth-order valence-electron chi connectivity index (χ4n) is 6.05. The van der Waals surface area contributed by atoms with Gasteiger partial charge >= 0.3 is 6.18 Å².